The quantitative estimate of drug-likeness (QED) is 0.809. The van der Waals surface area contributed by atoms with Gasteiger partial charge in [-0.15, -0.1) is 0 Å². The molecule has 1 N–H and O–H groups in total. The van der Waals surface area contributed by atoms with E-state index in [1.165, 1.54) is 11.3 Å². The third kappa shape index (κ3) is 7.45. The Labute approximate surface area is 127 Å². The van der Waals surface area contributed by atoms with Crippen LogP contribution in [0, 0.1) is 0 Å². The molecular formula is C14H19NO5S. The van der Waals surface area contributed by atoms with Gasteiger partial charge in [0, 0.05) is 17.5 Å². The molecule has 0 fully saturated rings. The second kappa shape index (κ2) is 7.78. The number of carbonyl (C=O) groups excluding carboxylic acids is 3. The van der Waals surface area contributed by atoms with Crippen LogP contribution in [0.15, 0.2) is 16.8 Å². The Kier molecular flexibility index (Phi) is 6.36. The number of esters is 2. The van der Waals surface area contributed by atoms with E-state index in [0.717, 1.165) is 0 Å². The average molecular weight is 313 g/mol. The molecule has 0 aliphatic heterocycles. The highest BCUT2D eigenvalue weighted by molar-refractivity contribution is 7.08. The second-order valence-corrected chi connectivity index (χ2v) is 6.05. The zero-order valence-corrected chi connectivity index (χ0v) is 13.1. The van der Waals surface area contributed by atoms with Crippen molar-refractivity contribution in [3.8, 4) is 0 Å². The highest BCUT2D eigenvalue weighted by atomic mass is 32.1. The van der Waals surface area contributed by atoms with Crippen LogP contribution in [0.3, 0.4) is 0 Å². The van der Waals surface area contributed by atoms with Crippen molar-refractivity contribution >= 4 is 29.2 Å². The zero-order chi connectivity index (χ0) is 15.9. The Morgan fingerprint density at radius 3 is 2.52 bits per heavy atom. The Morgan fingerprint density at radius 1 is 1.24 bits per heavy atom. The molecule has 1 amide bonds. The topological polar surface area (TPSA) is 81.7 Å². The van der Waals surface area contributed by atoms with Gasteiger partial charge in [-0.1, -0.05) is 0 Å². The van der Waals surface area contributed by atoms with E-state index < -0.39 is 24.1 Å². The van der Waals surface area contributed by atoms with Crippen LogP contribution in [0.5, 0.6) is 0 Å². The van der Waals surface area contributed by atoms with Gasteiger partial charge in [0.05, 0.1) is 6.42 Å². The first-order valence-electron chi connectivity index (χ1n) is 6.46. The molecule has 1 aromatic rings. The third-order valence-corrected chi connectivity index (χ3v) is 2.85. The van der Waals surface area contributed by atoms with E-state index in [9.17, 15) is 14.4 Å². The van der Waals surface area contributed by atoms with Crippen LogP contribution in [0.1, 0.15) is 37.6 Å². The summed E-state index contributed by atoms with van der Waals surface area (Å²) in [5, 5.41) is 6.11. The summed E-state index contributed by atoms with van der Waals surface area (Å²) < 4.78 is 9.75. The Bertz CT molecular complexity index is 490. The van der Waals surface area contributed by atoms with E-state index in [1.807, 2.05) is 0 Å². The molecule has 0 bridgehead atoms. The SMILES string of the molecule is CC(C)(C)OC(=O)COC(=O)CCNC(=O)c1ccsc1. The van der Waals surface area contributed by atoms with Gasteiger partial charge >= 0.3 is 11.9 Å². The lowest BCUT2D eigenvalue weighted by molar-refractivity contribution is -0.166. The minimum Gasteiger partial charge on any atom is -0.457 e. The van der Waals surface area contributed by atoms with Crippen molar-refractivity contribution in [3.05, 3.63) is 22.4 Å². The lowest BCUT2D eigenvalue weighted by atomic mass is 10.2. The molecule has 0 unspecified atom stereocenters. The van der Waals surface area contributed by atoms with Crippen LogP contribution in [-0.2, 0) is 19.1 Å². The smallest absolute Gasteiger partial charge is 0.344 e. The van der Waals surface area contributed by atoms with Gasteiger partial charge in [0.1, 0.15) is 5.60 Å². The van der Waals surface area contributed by atoms with Gasteiger partial charge in [-0.3, -0.25) is 9.59 Å². The van der Waals surface area contributed by atoms with Gasteiger partial charge in [0.2, 0.25) is 0 Å². The van der Waals surface area contributed by atoms with E-state index in [4.69, 9.17) is 9.47 Å². The Balaban J connectivity index is 2.17. The summed E-state index contributed by atoms with van der Waals surface area (Å²) in [6.45, 7) is 4.92. The summed E-state index contributed by atoms with van der Waals surface area (Å²) in [4.78, 5) is 34.3. The Morgan fingerprint density at radius 2 is 1.95 bits per heavy atom. The maximum Gasteiger partial charge on any atom is 0.344 e. The van der Waals surface area contributed by atoms with Crippen LogP contribution >= 0.6 is 11.3 Å². The molecule has 1 aromatic heterocycles. The predicted octanol–water partition coefficient (Wildman–Crippen LogP) is 1.75. The lowest BCUT2D eigenvalue weighted by Crippen LogP contribution is -2.29. The summed E-state index contributed by atoms with van der Waals surface area (Å²) in [7, 11) is 0. The molecule has 0 spiro atoms. The molecule has 0 aromatic carbocycles. The standard InChI is InChI=1S/C14H19NO5S/c1-14(2,3)20-12(17)8-19-11(16)4-6-15-13(18)10-5-7-21-9-10/h5,7,9H,4,6,8H2,1-3H3,(H,15,18). The number of nitrogens with one attached hydrogen (secondary N) is 1. The summed E-state index contributed by atoms with van der Waals surface area (Å²) in [6.07, 6.45) is -0.00131. The maximum absolute atomic E-state index is 11.6. The van der Waals surface area contributed by atoms with E-state index in [0.29, 0.717) is 5.56 Å². The number of hydrogen-bond acceptors (Lipinski definition) is 6. The van der Waals surface area contributed by atoms with Crippen LogP contribution in [-0.4, -0.2) is 36.6 Å². The molecule has 6 nitrogen and oxygen atoms in total. The molecule has 0 saturated carbocycles. The summed E-state index contributed by atoms with van der Waals surface area (Å²) in [6, 6.07) is 1.70. The number of amides is 1. The number of hydrogen-bond donors (Lipinski definition) is 1. The van der Waals surface area contributed by atoms with Crippen molar-refractivity contribution in [2.75, 3.05) is 13.2 Å². The van der Waals surface area contributed by atoms with Gasteiger partial charge in [-0.2, -0.15) is 11.3 Å². The van der Waals surface area contributed by atoms with Crippen molar-refractivity contribution in [3.63, 3.8) is 0 Å². The molecule has 0 atom stereocenters. The predicted molar refractivity (Wildman–Crippen MR) is 78.1 cm³/mol. The normalized spacial score (nSPS) is 10.8. The molecule has 0 radical (unpaired) electrons. The minimum absolute atomic E-state index is 0.00131. The van der Waals surface area contributed by atoms with Gasteiger partial charge in [0.25, 0.3) is 5.91 Å². The van der Waals surface area contributed by atoms with E-state index in [-0.39, 0.29) is 18.9 Å². The fourth-order valence-electron chi connectivity index (χ4n) is 1.36. The van der Waals surface area contributed by atoms with Crippen LogP contribution in [0.2, 0.25) is 0 Å². The molecule has 1 rings (SSSR count). The largest absolute Gasteiger partial charge is 0.457 e. The van der Waals surface area contributed by atoms with Crippen molar-refractivity contribution in [2.24, 2.45) is 0 Å². The van der Waals surface area contributed by atoms with Crippen molar-refractivity contribution < 1.29 is 23.9 Å². The van der Waals surface area contributed by atoms with Crippen molar-refractivity contribution in [1.29, 1.82) is 0 Å². The van der Waals surface area contributed by atoms with Gasteiger partial charge in [0.15, 0.2) is 6.61 Å². The van der Waals surface area contributed by atoms with Crippen molar-refractivity contribution in [2.45, 2.75) is 32.8 Å². The summed E-state index contributed by atoms with van der Waals surface area (Å²) in [5.74, 6) is -1.40. The molecule has 0 aliphatic rings. The first kappa shape index (κ1) is 17.2. The number of rotatable bonds is 6. The highest BCUT2D eigenvalue weighted by Crippen LogP contribution is 2.07. The number of thiophene rings is 1. The Hall–Kier alpha value is -1.89. The third-order valence-electron chi connectivity index (χ3n) is 2.17. The first-order valence-corrected chi connectivity index (χ1v) is 7.40. The first-order chi connectivity index (χ1) is 9.78. The summed E-state index contributed by atoms with van der Waals surface area (Å²) in [5.41, 5.74) is -0.0556. The fraction of sp³-hybridized carbons (Fsp3) is 0.500. The van der Waals surface area contributed by atoms with E-state index >= 15 is 0 Å². The average Bonchev–Trinajstić information content (AvgIpc) is 2.88. The molecular weight excluding hydrogens is 294 g/mol. The fourth-order valence-corrected chi connectivity index (χ4v) is 1.99. The second-order valence-electron chi connectivity index (χ2n) is 5.27. The maximum atomic E-state index is 11.6. The van der Waals surface area contributed by atoms with Gasteiger partial charge in [-0.05, 0) is 32.2 Å². The van der Waals surface area contributed by atoms with Crippen LogP contribution in [0.4, 0.5) is 0 Å². The number of ether oxygens (including phenoxy) is 2. The van der Waals surface area contributed by atoms with E-state index in [2.05, 4.69) is 5.32 Å². The van der Waals surface area contributed by atoms with Crippen LogP contribution < -0.4 is 5.32 Å². The monoisotopic (exact) mass is 313 g/mol. The molecule has 1 heterocycles. The molecule has 0 aliphatic carbocycles. The van der Waals surface area contributed by atoms with Gasteiger partial charge < -0.3 is 14.8 Å². The van der Waals surface area contributed by atoms with Crippen LogP contribution in [0.25, 0.3) is 0 Å². The number of carbonyl (C=O) groups is 3. The molecule has 0 saturated heterocycles. The van der Waals surface area contributed by atoms with Crippen molar-refractivity contribution in [1.82, 2.24) is 5.32 Å². The molecule has 21 heavy (non-hydrogen) atoms. The zero-order valence-electron chi connectivity index (χ0n) is 12.3. The molecule has 116 valence electrons. The van der Waals surface area contributed by atoms with Gasteiger partial charge in [-0.25, -0.2) is 4.79 Å². The summed E-state index contributed by atoms with van der Waals surface area (Å²) >= 11 is 1.42. The lowest BCUT2D eigenvalue weighted by Gasteiger charge is -2.19. The minimum atomic E-state index is -0.613. The van der Waals surface area contributed by atoms with E-state index in [1.54, 1.807) is 37.6 Å². The molecule has 7 heteroatoms. The highest BCUT2D eigenvalue weighted by Gasteiger charge is 2.17.